The highest BCUT2D eigenvalue weighted by Gasteiger charge is 2.11. The summed E-state index contributed by atoms with van der Waals surface area (Å²) in [4.78, 5) is 4.29. The van der Waals surface area contributed by atoms with Crippen LogP contribution in [-0.2, 0) is 7.05 Å². The Balaban J connectivity index is 2.73. The van der Waals surface area contributed by atoms with Crippen LogP contribution in [0.5, 0.6) is 0 Å². The number of fused-ring (bicyclic) bond motifs is 1. The highest BCUT2D eigenvalue weighted by molar-refractivity contribution is 5.77. The molecule has 1 aromatic heterocycles. The Hall–Kier alpha value is -1.86. The quantitative estimate of drug-likeness (QED) is 0.760. The van der Waals surface area contributed by atoms with Gasteiger partial charge in [-0.05, 0) is 25.1 Å². The van der Waals surface area contributed by atoms with Crippen molar-refractivity contribution in [2.45, 2.75) is 13.0 Å². The van der Waals surface area contributed by atoms with Crippen LogP contribution in [0, 0.1) is 11.3 Å². The minimum atomic E-state index is -0.604. The van der Waals surface area contributed by atoms with E-state index in [1.54, 1.807) is 29.7 Å². The Bertz CT molecular complexity index is 549. The van der Waals surface area contributed by atoms with Crippen LogP contribution in [0.2, 0.25) is 0 Å². The van der Waals surface area contributed by atoms with E-state index in [1.165, 1.54) is 0 Å². The van der Waals surface area contributed by atoms with Crippen molar-refractivity contribution in [3.8, 4) is 6.07 Å². The molecule has 4 nitrogen and oxygen atoms in total. The predicted molar refractivity (Wildman–Crippen MR) is 56.1 cm³/mol. The number of aryl methyl sites for hydroxylation is 1. The van der Waals surface area contributed by atoms with Gasteiger partial charge in [-0.15, -0.1) is 0 Å². The van der Waals surface area contributed by atoms with Crippen molar-refractivity contribution in [1.29, 1.82) is 5.26 Å². The lowest BCUT2D eigenvalue weighted by molar-refractivity contribution is 0.186. The van der Waals surface area contributed by atoms with Crippen LogP contribution in [0.4, 0.5) is 0 Å². The fraction of sp³-hybridized carbons (Fsp3) is 0.273. The Kier molecular flexibility index (Phi) is 2.18. The number of aliphatic hydroxyl groups excluding tert-OH is 1. The van der Waals surface area contributed by atoms with Crippen LogP contribution >= 0.6 is 0 Å². The van der Waals surface area contributed by atoms with Gasteiger partial charge in [0.2, 0.25) is 0 Å². The van der Waals surface area contributed by atoms with E-state index >= 15 is 0 Å². The third-order valence-electron chi connectivity index (χ3n) is 2.42. The molecule has 0 saturated carbocycles. The summed E-state index contributed by atoms with van der Waals surface area (Å²) in [5.41, 5.74) is 2.26. The standard InChI is InChI=1S/C11H11N3O/c1-7(15)11-13-9-4-3-8(6-12)5-10(9)14(11)2/h3-5,7,15H,1-2H3/t7-/m0/s1. The van der Waals surface area contributed by atoms with Gasteiger partial charge in [0.15, 0.2) is 0 Å². The lowest BCUT2D eigenvalue weighted by atomic mass is 10.2. The van der Waals surface area contributed by atoms with Crippen molar-refractivity contribution < 1.29 is 5.11 Å². The van der Waals surface area contributed by atoms with Gasteiger partial charge in [-0.25, -0.2) is 4.98 Å². The van der Waals surface area contributed by atoms with Gasteiger partial charge in [-0.3, -0.25) is 0 Å². The zero-order valence-corrected chi connectivity index (χ0v) is 8.60. The molecule has 0 aliphatic heterocycles. The highest BCUT2D eigenvalue weighted by atomic mass is 16.3. The lowest BCUT2D eigenvalue weighted by Crippen LogP contribution is -2.01. The first kappa shape index (κ1) is 9.69. The van der Waals surface area contributed by atoms with Gasteiger partial charge in [0.1, 0.15) is 11.9 Å². The fourth-order valence-electron chi connectivity index (χ4n) is 1.65. The number of nitriles is 1. The van der Waals surface area contributed by atoms with Crippen molar-refractivity contribution in [3.05, 3.63) is 29.6 Å². The van der Waals surface area contributed by atoms with Crippen LogP contribution in [0.1, 0.15) is 24.4 Å². The summed E-state index contributed by atoms with van der Waals surface area (Å²) in [7, 11) is 1.83. The second-order valence-electron chi connectivity index (χ2n) is 3.52. The summed E-state index contributed by atoms with van der Waals surface area (Å²) in [6, 6.07) is 7.37. The number of hydrogen-bond donors (Lipinski definition) is 1. The number of aromatic nitrogens is 2. The summed E-state index contributed by atoms with van der Waals surface area (Å²) < 4.78 is 1.81. The van der Waals surface area contributed by atoms with E-state index in [0.29, 0.717) is 11.4 Å². The zero-order chi connectivity index (χ0) is 11.0. The van der Waals surface area contributed by atoms with Gasteiger partial charge < -0.3 is 9.67 Å². The van der Waals surface area contributed by atoms with Crippen molar-refractivity contribution in [2.75, 3.05) is 0 Å². The van der Waals surface area contributed by atoms with Gasteiger partial charge >= 0.3 is 0 Å². The van der Waals surface area contributed by atoms with Crippen molar-refractivity contribution in [2.24, 2.45) is 7.05 Å². The number of nitrogens with zero attached hydrogens (tertiary/aromatic N) is 3. The maximum atomic E-state index is 9.48. The van der Waals surface area contributed by atoms with E-state index in [9.17, 15) is 5.11 Å². The SMILES string of the molecule is C[C@H](O)c1nc2ccc(C#N)cc2n1C. The average Bonchev–Trinajstić information content (AvgIpc) is 2.56. The molecule has 0 aliphatic rings. The molecule has 1 heterocycles. The second kappa shape index (κ2) is 3.37. The number of benzene rings is 1. The molecule has 0 saturated heterocycles. The van der Waals surface area contributed by atoms with Crippen molar-refractivity contribution in [3.63, 3.8) is 0 Å². The lowest BCUT2D eigenvalue weighted by Gasteiger charge is -2.03. The largest absolute Gasteiger partial charge is 0.385 e. The summed E-state index contributed by atoms with van der Waals surface area (Å²) in [6.07, 6.45) is -0.604. The second-order valence-corrected chi connectivity index (χ2v) is 3.52. The Morgan fingerprint density at radius 1 is 1.53 bits per heavy atom. The Morgan fingerprint density at radius 3 is 2.87 bits per heavy atom. The van der Waals surface area contributed by atoms with Gasteiger partial charge in [-0.1, -0.05) is 0 Å². The smallest absolute Gasteiger partial charge is 0.138 e. The van der Waals surface area contributed by atoms with Crippen LogP contribution in [0.3, 0.4) is 0 Å². The first-order chi connectivity index (χ1) is 7.13. The van der Waals surface area contributed by atoms with Crippen LogP contribution in [0.25, 0.3) is 11.0 Å². The monoisotopic (exact) mass is 201 g/mol. The van der Waals surface area contributed by atoms with E-state index in [2.05, 4.69) is 11.1 Å². The van der Waals surface area contributed by atoms with Gasteiger partial charge in [-0.2, -0.15) is 5.26 Å². The molecule has 1 N–H and O–H groups in total. The molecular weight excluding hydrogens is 190 g/mol. The summed E-state index contributed by atoms with van der Waals surface area (Å²) >= 11 is 0. The van der Waals surface area contributed by atoms with Gasteiger partial charge in [0.05, 0.1) is 22.7 Å². The molecule has 1 atom stereocenters. The molecule has 0 unspecified atom stereocenters. The molecule has 2 aromatic rings. The van der Waals surface area contributed by atoms with Crippen molar-refractivity contribution in [1.82, 2.24) is 9.55 Å². The van der Waals surface area contributed by atoms with Crippen molar-refractivity contribution >= 4 is 11.0 Å². The molecule has 76 valence electrons. The van der Waals surface area contributed by atoms with Crippen LogP contribution < -0.4 is 0 Å². The average molecular weight is 201 g/mol. The molecule has 0 aliphatic carbocycles. The molecule has 2 rings (SSSR count). The molecule has 0 radical (unpaired) electrons. The van der Waals surface area contributed by atoms with Gasteiger partial charge in [0, 0.05) is 7.05 Å². The number of imidazole rings is 1. The topological polar surface area (TPSA) is 61.8 Å². The predicted octanol–water partition coefficient (Wildman–Crippen LogP) is 1.50. The first-order valence-corrected chi connectivity index (χ1v) is 4.68. The van der Waals surface area contributed by atoms with E-state index in [0.717, 1.165) is 11.0 Å². The van der Waals surface area contributed by atoms with E-state index < -0.39 is 6.10 Å². The van der Waals surface area contributed by atoms with Gasteiger partial charge in [0.25, 0.3) is 0 Å². The maximum absolute atomic E-state index is 9.48. The minimum absolute atomic E-state index is 0.600. The summed E-state index contributed by atoms with van der Waals surface area (Å²) in [6.45, 7) is 1.67. The third kappa shape index (κ3) is 1.47. The molecule has 1 aromatic carbocycles. The summed E-state index contributed by atoms with van der Waals surface area (Å²) in [5, 5.41) is 18.3. The Labute approximate surface area is 87.4 Å². The molecule has 0 fully saturated rings. The molecule has 15 heavy (non-hydrogen) atoms. The third-order valence-corrected chi connectivity index (χ3v) is 2.42. The summed E-state index contributed by atoms with van der Waals surface area (Å²) in [5.74, 6) is 0.611. The molecule has 0 spiro atoms. The Morgan fingerprint density at radius 2 is 2.27 bits per heavy atom. The fourth-order valence-corrected chi connectivity index (χ4v) is 1.65. The molecule has 4 heteroatoms. The molecule has 0 bridgehead atoms. The van der Waals surface area contributed by atoms with E-state index in [-0.39, 0.29) is 0 Å². The minimum Gasteiger partial charge on any atom is -0.385 e. The number of aliphatic hydroxyl groups is 1. The van der Waals surface area contributed by atoms with Crippen LogP contribution in [0.15, 0.2) is 18.2 Å². The van der Waals surface area contributed by atoms with E-state index in [4.69, 9.17) is 5.26 Å². The van der Waals surface area contributed by atoms with Crippen LogP contribution in [-0.4, -0.2) is 14.7 Å². The molecule has 0 amide bonds. The normalized spacial score (nSPS) is 12.7. The maximum Gasteiger partial charge on any atom is 0.138 e. The molecular formula is C11H11N3O. The number of hydrogen-bond acceptors (Lipinski definition) is 3. The van der Waals surface area contributed by atoms with E-state index in [1.807, 2.05) is 7.05 Å². The highest BCUT2D eigenvalue weighted by Crippen LogP contribution is 2.20. The first-order valence-electron chi connectivity index (χ1n) is 4.68. The number of rotatable bonds is 1. The zero-order valence-electron chi connectivity index (χ0n) is 8.60.